The Morgan fingerprint density at radius 3 is 2.85 bits per heavy atom. The number of rotatable bonds is 6. The number of hydrogen-bond acceptors (Lipinski definition) is 9. The number of amides is 1. The molecule has 0 radical (unpaired) electrons. The van der Waals surface area contributed by atoms with Gasteiger partial charge in [0.15, 0.2) is 0 Å². The van der Waals surface area contributed by atoms with E-state index in [0.717, 1.165) is 0 Å². The van der Waals surface area contributed by atoms with E-state index in [2.05, 4.69) is 25.3 Å². The number of carbonyl (C=O) groups is 1. The summed E-state index contributed by atoms with van der Waals surface area (Å²) in [6.45, 7) is 3.86. The number of aromatic nitrogens is 4. The molecule has 2 atom stereocenters. The molecule has 0 saturated carbocycles. The minimum absolute atomic E-state index is 0.0110. The zero-order valence-corrected chi connectivity index (χ0v) is 18.8. The van der Waals surface area contributed by atoms with Crippen LogP contribution < -0.4 is 20.5 Å². The zero-order chi connectivity index (χ0) is 23.7. The van der Waals surface area contributed by atoms with Crippen LogP contribution in [0.5, 0.6) is 5.75 Å². The lowest BCUT2D eigenvalue weighted by atomic mass is 10.1. The summed E-state index contributed by atoms with van der Waals surface area (Å²) in [4.78, 5) is 41.4. The predicted octanol–water partition coefficient (Wildman–Crippen LogP) is 3.16. The second kappa shape index (κ2) is 8.91. The van der Waals surface area contributed by atoms with Crippen LogP contribution in [0, 0.1) is 11.3 Å². The molecule has 3 heterocycles. The maximum Gasteiger partial charge on any atom is 0.417 e. The van der Waals surface area contributed by atoms with E-state index < -0.39 is 12.1 Å². The molecule has 1 saturated heterocycles. The summed E-state index contributed by atoms with van der Waals surface area (Å²) >= 11 is 6.22. The van der Waals surface area contributed by atoms with Gasteiger partial charge in [-0.3, -0.25) is 4.79 Å². The molecule has 4 rings (SSSR count). The van der Waals surface area contributed by atoms with Crippen molar-refractivity contribution < 1.29 is 14.3 Å². The van der Waals surface area contributed by atoms with E-state index in [9.17, 15) is 14.9 Å². The number of pyridine rings is 1. The monoisotopic (exact) mass is 469 g/mol. The number of H-pyrrole nitrogens is 1. The van der Waals surface area contributed by atoms with Crippen LogP contribution in [0.4, 0.5) is 16.7 Å². The Balaban J connectivity index is 1.68. The minimum atomic E-state index is -0.589. The Hall–Kier alpha value is -3.91. The number of nitriles is 1. The highest BCUT2D eigenvalue weighted by atomic mass is 35.5. The molecule has 0 aliphatic carbocycles. The van der Waals surface area contributed by atoms with Gasteiger partial charge in [-0.05, 0) is 25.5 Å². The number of nitrogens with one attached hydrogen (secondary N) is 2. The van der Waals surface area contributed by atoms with Crippen LogP contribution in [0.25, 0.3) is 10.9 Å². The first-order valence-corrected chi connectivity index (χ1v) is 10.5. The van der Waals surface area contributed by atoms with E-state index in [1.807, 2.05) is 13.0 Å². The van der Waals surface area contributed by atoms with Crippen LogP contribution in [0.15, 0.2) is 23.0 Å². The van der Waals surface area contributed by atoms with E-state index in [0.29, 0.717) is 33.7 Å². The standard InChI is InChI=1S/C21H20ClN7O4/c1-4-12-9-33-21(31)29(12)20-27-17(8-23)26-19(28-20)24-10(2)13-5-11-6-14(22)16(32-3)7-15(11)25-18(13)30/h5-7,10,12H,4,9H2,1-3H3,(H,25,30)(H,24,26,27,28)/t10-,12-/m0/s1. The molecule has 170 valence electrons. The van der Waals surface area contributed by atoms with Crippen LogP contribution >= 0.6 is 11.6 Å². The van der Waals surface area contributed by atoms with Crippen LogP contribution in [-0.2, 0) is 4.74 Å². The predicted molar refractivity (Wildman–Crippen MR) is 121 cm³/mol. The number of cyclic esters (lactones) is 1. The fourth-order valence-corrected chi connectivity index (χ4v) is 3.82. The highest BCUT2D eigenvalue weighted by molar-refractivity contribution is 6.32. The van der Waals surface area contributed by atoms with E-state index in [-0.39, 0.29) is 35.9 Å². The lowest BCUT2D eigenvalue weighted by Crippen LogP contribution is -2.35. The van der Waals surface area contributed by atoms with Gasteiger partial charge in [0.1, 0.15) is 18.4 Å². The van der Waals surface area contributed by atoms with Gasteiger partial charge in [0, 0.05) is 17.0 Å². The first-order chi connectivity index (χ1) is 15.8. The summed E-state index contributed by atoms with van der Waals surface area (Å²) in [6, 6.07) is 6.12. The lowest BCUT2D eigenvalue weighted by molar-refractivity contribution is 0.178. The molecule has 12 heteroatoms. The number of aromatic amines is 1. The Morgan fingerprint density at radius 2 is 2.15 bits per heavy atom. The molecule has 11 nitrogen and oxygen atoms in total. The van der Waals surface area contributed by atoms with Crippen LogP contribution in [0.2, 0.25) is 5.02 Å². The third kappa shape index (κ3) is 4.25. The summed E-state index contributed by atoms with van der Waals surface area (Å²) in [5.74, 6) is 0.338. The molecule has 3 aromatic rings. The van der Waals surface area contributed by atoms with E-state index >= 15 is 0 Å². The molecule has 1 aromatic carbocycles. The first kappa shape index (κ1) is 22.3. The number of methoxy groups -OCH3 is 1. The molecule has 1 fully saturated rings. The molecule has 33 heavy (non-hydrogen) atoms. The fraction of sp³-hybridized carbons (Fsp3) is 0.333. The smallest absolute Gasteiger partial charge is 0.417 e. The van der Waals surface area contributed by atoms with Crippen molar-refractivity contribution in [3.63, 3.8) is 0 Å². The van der Waals surface area contributed by atoms with Crippen molar-refractivity contribution in [2.75, 3.05) is 23.9 Å². The van der Waals surface area contributed by atoms with Gasteiger partial charge in [-0.1, -0.05) is 18.5 Å². The SMILES string of the molecule is CC[C@H]1COC(=O)N1c1nc(C#N)nc(N[C@@H](C)c2cc3cc(Cl)c(OC)cc3[nH]c2=O)n1. The Kier molecular flexibility index (Phi) is 6.02. The molecule has 1 aliphatic heterocycles. The summed E-state index contributed by atoms with van der Waals surface area (Å²) in [6.07, 6.45) is 0.0346. The van der Waals surface area contributed by atoms with Crippen molar-refractivity contribution in [2.24, 2.45) is 0 Å². The van der Waals surface area contributed by atoms with Gasteiger partial charge < -0.3 is 19.8 Å². The van der Waals surface area contributed by atoms with Crippen molar-refractivity contribution in [1.82, 2.24) is 19.9 Å². The van der Waals surface area contributed by atoms with Gasteiger partial charge >= 0.3 is 6.09 Å². The number of hydrogen-bond donors (Lipinski definition) is 2. The molecule has 0 unspecified atom stereocenters. The zero-order valence-electron chi connectivity index (χ0n) is 18.0. The third-order valence-electron chi connectivity index (χ3n) is 5.33. The molecular formula is C21H20ClN7O4. The van der Waals surface area contributed by atoms with Gasteiger partial charge in [0.05, 0.1) is 29.7 Å². The quantitative estimate of drug-likeness (QED) is 0.555. The number of fused-ring (bicyclic) bond motifs is 1. The Labute approximate surface area is 193 Å². The normalized spacial score (nSPS) is 16.4. The van der Waals surface area contributed by atoms with Crippen molar-refractivity contribution in [2.45, 2.75) is 32.4 Å². The minimum Gasteiger partial charge on any atom is -0.495 e. The highest BCUT2D eigenvalue weighted by Gasteiger charge is 2.35. The third-order valence-corrected chi connectivity index (χ3v) is 5.62. The van der Waals surface area contributed by atoms with Gasteiger partial charge in [0.25, 0.3) is 5.56 Å². The largest absolute Gasteiger partial charge is 0.495 e. The van der Waals surface area contributed by atoms with E-state index in [1.165, 1.54) is 12.0 Å². The second-order valence-electron chi connectivity index (χ2n) is 7.40. The Bertz CT molecular complexity index is 1340. The van der Waals surface area contributed by atoms with Crippen LogP contribution in [-0.4, -0.2) is 45.8 Å². The first-order valence-electron chi connectivity index (χ1n) is 10.1. The van der Waals surface area contributed by atoms with E-state index in [1.54, 1.807) is 25.1 Å². The maximum absolute atomic E-state index is 12.7. The molecule has 1 amide bonds. The van der Waals surface area contributed by atoms with Gasteiger partial charge in [0.2, 0.25) is 17.7 Å². The van der Waals surface area contributed by atoms with Crippen LogP contribution in [0.3, 0.4) is 0 Å². The van der Waals surface area contributed by atoms with Gasteiger partial charge in [-0.2, -0.15) is 20.2 Å². The summed E-state index contributed by atoms with van der Waals surface area (Å²) in [7, 11) is 1.49. The summed E-state index contributed by atoms with van der Waals surface area (Å²) < 4.78 is 10.3. The average Bonchev–Trinajstić information content (AvgIpc) is 3.18. The summed E-state index contributed by atoms with van der Waals surface area (Å²) in [5.41, 5.74) is 0.650. The van der Waals surface area contributed by atoms with E-state index in [4.69, 9.17) is 21.1 Å². The average molecular weight is 470 g/mol. The number of anilines is 2. The number of ether oxygens (including phenoxy) is 2. The fourth-order valence-electron chi connectivity index (χ4n) is 3.57. The molecule has 0 bridgehead atoms. The summed E-state index contributed by atoms with van der Waals surface area (Å²) in [5, 5.41) is 13.5. The number of nitrogens with zero attached hydrogens (tertiary/aromatic N) is 5. The molecule has 2 aromatic heterocycles. The maximum atomic E-state index is 12.7. The second-order valence-corrected chi connectivity index (χ2v) is 7.80. The molecule has 1 aliphatic rings. The molecular weight excluding hydrogens is 450 g/mol. The van der Waals surface area contributed by atoms with Crippen LogP contribution in [0.1, 0.15) is 37.7 Å². The molecule has 0 spiro atoms. The lowest BCUT2D eigenvalue weighted by Gasteiger charge is -2.19. The highest BCUT2D eigenvalue weighted by Crippen LogP contribution is 2.30. The number of halogens is 1. The van der Waals surface area contributed by atoms with Gasteiger partial charge in [-0.25, -0.2) is 9.69 Å². The molecule has 2 N–H and O–H groups in total. The topological polar surface area (TPSA) is 146 Å². The van der Waals surface area contributed by atoms with Crippen molar-refractivity contribution >= 4 is 40.5 Å². The Morgan fingerprint density at radius 1 is 1.36 bits per heavy atom. The number of carbonyl (C=O) groups excluding carboxylic acids is 1. The van der Waals surface area contributed by atoms with Crippen molar-refractivity contribution in [3.05, 3.63) is 45.0 Å². The number of benzene rings is 1. The van der Waals surface area contributed by atoms with Crippen molar-refractivity contribution in [3.8, 4) is 11.8 Å². The van der Waals surface area contributed by atoms with Crippen molar-refractivity contribution in [1.29, 1.82) is 5.26 Å². The van der Waals surface area contributed by atoms with Gasteiger partial charge in [-0.15, -0.1) is 0 Å².